The number of anilines is 1. The van der Waals surface area contributed by atoms with Crippen molar-refractivity contribution in [3.8, 4) is 11.4 Å². The molecule has 4 rings (SSSR count). The van der Waals surface area contributed by atoms with E-state index in [0.29, 0.717) is 5.56 Å². The molecular weight excluding hydrogens is 378 g/mol. The Bertz CT molecular complexity index is 1220. The largest absolute Gasteiger partial charge is 0.465 e. The lowest BCUT2D eigenvalue weighted by atomic mass is 9.95. The van der Waals surface area contributed by atoms with E-state index in [1.165, 1.54) is 7.11 Å². The van der Waals surface area contributed by atoms with Gasteiger partial charge in [-0.15, -0.1) is 0 Å². The zero-order valence-corrected chi connectivity index (χ0v) is 17.6. The molecule has 0 saturated heterocycles. The Morgan fingerprint density at radius 1 is 1.20 bits per heavy atom. The van der Waals surface area contributed by atoms with Crippen molar-refractivity contribution in [2.45, 2.75) is 38.6 Å². The maximum Gasteiger partial charge on any atom is 0.338 e. The molecule has 2 aromatic heterocycles. The average Bonchev–Trinajstić information content (AvgIpc) is 3.12. The first-order valence-corrected chi connectivity index (χ1v) is 9.86. The van der Waals surface area contributed by atoms with E-state index in [2.05, 4.69) is 47.5 Å². The molecule has 30 heavy (non-hydrogen) atoms. The first-order valence-electron chi connectivity index (χ1n) is 9.86. The summed E-state index contributed by atoms with van der Waals surface area (Å²) in [6.45, 7) is 6.40. The molecule has 2 heterocycles. The van der Waals surface area contributed by atoms with Crippen molar-refractivity contribution in [1.82, 2.24) is 19.5 Å². The van der Waals surface area contributed by atoms with E-state index in [0.717, 1.165) is 34.1 Å². The van der Waals surface area contributed by atoms with E-state index in [-0.39, 0.29) is 23.4 Å². The van der Waals surface area contributed by atoms with Crippen molar-refractivity contribution >= 4 is 24.1 Å². The minimum atomic E-state index is -0.378. The van der Waals surface area contributed by atoms with E-state index < -0.39 is 0 Å². The van der Waals surface area contributed by atoms with Crippen LogP contribution < -0.4 is 16.4 Å². The van der Waals surface area contributed by atoms with Crippen LogP contribution in [0.3, 0.4) is 0 Å². The molecule has 0 saturated carbocycles. The monoisotopic (exact) mass is 403 g/mol. The highest BCUT2D eigenvalue weighted by atomic mass is 16.5. The zero-order chi connectivity index (χ0) is 21.5. The smallest absolute Gasteiger partial charge is 0.338 e. The molecule has 2 N–H and O–H groups in total. The predicted octanol–water partition coefficient (Wildman–Crippen LogP) is 2.21. The molecule has 7 heteroatoms. The number of benzene rings is 1. The molecule has 0 bridgehead atoms. The standard InChI is InChI=1S/C23H25N5O2/c1-23(2,3)28-19-10-9-14(15-12-25-22(24)26-13-15)11-18(19)27-20(28)16-7-5-6-8-17(16)21(29)30-4/h5-8,10-14H,9H2,1-4H3,(H2,24,25,26). The van der Waals surface area contributed by atoms with Gasteiger partial charge in [0.2, 0.25) is 5.95 Å². The Balaban J connectivity index is 1.93. The normalized spacial score (nSPS) is 15.7. The lowest BCUT2D eigenvalue weighted by molar-refractivity contribution is 0.0601. The molecule has 3 aromatic rings. The molecule has 1 atom stereocenters. The van der Waals surface area contributed by atoms with Gasteiger partial charge in [-0.3, -0.25) is 0 Å². The van der Waals surface area contributed by atoms with Crippen molar-refractivity contribution in [2.75, 3.05) is 12.8 Å². The van der Waals surface area contributed by atoms with Gasteiger partial charge in [-0.1, -0.05) is 24.3 Å². The third-order valence-electron chi connectivity index (χ3n) is 5.23. The van der Waals surface area contributed by atoms with Gasteiger partial charge in [-0.05, 0) is 44.9 Å². The summed E-state index contributed by atoms with van der Waals surface area (Å²) in [6, 6.07) is 7.41. The van der Waals surface area contributed by atoms with Crippen molar-refractivity contribution in [2.24, 2.45) is 0 Å². The molecule has 7 nitrogen and oxygen atoms in total. The zero-order valence-electron chi connectivity index (χ0n) is 17.6. The fourth-order valence-electron chi connectivity index (χ4n) is 3.86. The molecule has 1 aliphatic carbocycles. The fraction of sp³-hybridized carbons (Fsp3) is 0.304. The first kappa shape index (κ1) is 19.8. The van der Waals surface area contributed by atoms with Gasteiger partial charge in [0.1, 0.15) is 5.82 Å². The number of carbonyl (C=O) groups excluding carboxylic acids is 1. The third kappa shape index (κ3) is 3.47. The van der Waals surface area contributed by atoms with Crippen molar-refractivity contribution in [1.29, 1.82) is 0 Å². The molecule has 1 aromatic carbocycles. The Kier molecular flexibility index (Phi) is 4.89. The van der Waals surface area contributed by atoms with E-state index in [9.17, 15) is 4.79 Å². The van der Waals surface area contributed by atoms with Gasteiger partial charge in [0.25, 0.3) is 0 Å². The fourth-order valence-corrected chi connectivity index (χ4v) is 3.86. The lowest BCUT2D eigenvalue weighted by Gasteiger charge is -2.25. The number of aromatic nitrogens is 4. The number of hydrogen-bond donors (Lipinski definition) is 1. The molecule has 0 amide bonds. The quantitative estimate of drug-likeness (QED) is 0.674. The number of hydrogen-bond acceptors (Lipinski definition) is 6. The second-order valence-corrected chi connectivity index (χ2v) is 8.34. The van der Waals surface area contributed by atoms with E-state index >= 15 is 0 Å². The number of imidazole rings is 1. The van der Waals surface area contributed by atoms with Crippen molar-refractivity contribution in [3.63, 3.8) is 0 Å². The molecule has 0 radical (unpaired) electrons. The number of nitrogens with zero attached hydrogens (tertiary/aromatic N) is 4. The van der Waals surface area contributed by atoms with Crippen LogP contribution in [0, 0.1) is 0 Å². The SMILES string of the molecule is COC(=O)c1ccccc1-c1nc2c(n1C(C)(C)C)=CCC(c1cnc(N)nc1)C=2. The minimum Gasteiger partial charge on any atom is -0.465 e. The van der Waals surface area contributed by atoms with Crippen LogP contribution in [0.5, 0.6) is 0 Å². The van der Waals surface area contributed by atoms with Crippen LogP contribution in [0.4, 0.5) is 5.95 Å². The van der Waals surface area contributed by atoms with Crippen LogP contribution in [0.2, 0.25) is 0 Å². The maximum absolute atomic E-state index is 12.4. The number of ether oxygens (including phenoxy) is 1. The number of esters is 1. The molecular formula is C23H25N5O2. The van der Waals surface area contributed by atoms with Crippen LogP contribution in [0.25, 0.3) is 23.5 Å². The van der Waals surface area contributed by atoms with Crippen LogP contribution in [-0.4, -0.2) is 32.6 Å². The Hall–Kier alpha value is -3.48. The summed E-state index contributed by atoms with van der Waals surface area (Å²) in [5.41, 5.74) is 7.63. The topological polar surface area (TPSA) is 95.9 Å². The Morgan fingerprint density at radius 3 is 2.57 bits per heavy atom. The summed E-state index contributed by atoms with van der Waals surface area (Å²) >= 11 is 0. The summed E-state index contributed by atoms with van der Waals surface area (Å²) in [5.74, 6) is 0.746. The molecule has 0 spiro atoms. The summed E-state index contributed by atoms with van der Waals surface area (Å²) < 4.78 is 7.19. The van der Waals surface area contributed by atoms with Crippen LogP contribution in [0.15, 0.2) is 36.7 Å². The van der Waals surface area contributed by atoms with Crippen LogP contribution in [0.1, 0.15) is 49.0 Å². The molecule has 0 fully saturated rings. The predicted molar refractivity (Wildman–Crippen MR) is 116 cm³/mol. The Morgan fingerprint density at radius 2 is 1.90 bits per heavy atom. The number of carbonyl (C=O) groups is 1. The highest BCUT2D eigenvalue weighted by Crippen LogP contribution is 2.27. The average molecular weight is 403 g/mol. The summed E-state index contributed by atoms with van der Waals surface area (Å²) in [6.07, 6.45) is 8.66. The van der Waals surface area contributed by atoms with Gasteiger partial charge in [-0.25, -0.2) is 19.7 Å². The highest BCUT2D eigenvalue weighted by molar-refractivity contribution is 5.96. The summed E-state index contributed by atoms with van der Waals surface area (Å²) in [5, 5.41) is 1.93. The van der Waals surface area contributed by atoms with E-state index in [1.54, 1.807) is 18.5 Å². The number of methoxy groups -OCH3 is 1. The summed E-state index contributed by atoms with van der Waals surface area (Å²) in [7, 11) is 1.39. The minimum absolute atomic E-state index is 0.116. The van der Waals surface area contributed by atoms with E-state index in [4.69, 9.17) is 15.5 Å². The second-order valence-electron chi connectivity index (χ2n) is 8.34. The molecule has 1 aliphatic rings. The highest BCUT2D eigenvalue weighted by Gasteiger charge is 2.26. The van der Waals surface area contributed by atoms with Gasteiger partial charge in [0, 0.05) is 29.4 Å². The van der Waals surface area contributed by atoms with Gasteiger partial charge in [0.05, 0.1) is 23.4 Å². The maximum atomic E-state index is 12.4. The number of fused-ring (bicyclic) bond motifs is 1. The first-order chi connectivity index (χ1) is 14.3. The third-order valence-corrected chi connectivity index (χ3v) is 5.23. The van der Waals surface area contributed by atoms with Crippen LogP contribution >= 0.6 is 0 Å². The van der Waals surface area contributed by atoms with Gasteiger partial charge >= 0.3 is 5.97 Å². The summed E-state index contributed by atoms with van der Waals surface area (Å²) in [4.78, 5) is 25.6. The van der Waals surface area contributed by atoms with Gasteiger partial charge in [-0.2, -0.15) is 0 Å². The Labute approximate surface area is 175 Å². The number of rotatable bonds is 3. The van der Waals surface area contributed by atoms with Gasteiger partial charge in [0.15, 0.2) is 0 Å². The number of nitrogen functional groups attached to an aromatic ring is 1. The van der Waals surface area contributed by atoms with Gasteiger partial charge < -0.3 is 15.0 Å². The number of nitrogens with two attached hydrogens (primary N) is 1. The molecule has 154 valence electrons. The van der Waals surface area contributed by atoms with Crippen LogP contribution in [-0.2, 0) is 10.3 Å². The van der Waals surface area contributed by atoms with Crippen molar-refractivity contribution < 1.29 is 9.53 Å². The second kappa shape index (κ2) is 7.40. The molecule has 0 aliphatic heterocycles. The lowest BCUT2D eigenvalue weighted by Crippen LogP contribution is -2.40. The molecule has 1 unspecified atom stereocenters. The van der Waals surface area contributed by atoms with E-state index in [1.807, 2.05) is 18.2 Å². The van der Waals surface area contributed by atoms with Crippen molar-refractivity contribution in [3.05, 3.63) is 58.5 Å².